The average Bonchev–Trinajstić information content (AvgIpc) is 2.68. The second kappa shape index (κ2) is 10.0. The van der Waals surface area contributed by atoms with E-state index in [1.807, 2.05) is 6.92 Å². The standard InChI is InChI=1S/C20H25BrN2O4S/c1-4-13-27-19-12-7-15(14-18(19)21)20(24)22-16-8-10-17(11-9-16)28(25,26)23(5-2)6-3/h7-12,14H,4-6,13H2,1-3H3,(H,22,24). The molecule has 0 fully saturated rings. The quantitative estimate of drug-likeness (QED) is 0.586. The Bertz CT molecular complexity index is 910. The van der Waals surface area contributed by atoms with Crippen molar-refractivity contribution in [3.63, 3.8) is 0 Å². The summed E-state index contributed by atoms with van der Waals surface area (Å²) in [6, 6.07) is 11.3. The number of halogens is 1. The number of nitrogens with zero attached hydrogens (tertiary/aromatic N) is 1. The lowest BCUT2D eigenvalue weighted by molar-refractivity contribution is 0.102. The van der Waals surface area contributed by atoms with Gasteiger partial charge in [-0.2, -0.15) is 4.31 Å². The molecule has 0 bridgehead atoms. The first-order valence-electron chi connectivity index (χ1n) is 9.17. The summed E-state index contributed by atoms with van der Waals surface area (Å²) in [6.45, 7) is 7.04. The Labute approximate surface area is 175 Å². The van der Waals surface area contributed by atoms with Gasteiger partial charge in [-0.05, 0) is 64.8 Å². The highest BCUT2D eigenvalue weighted by molar-refractivity contribution is 9.10. The van der Waals surface area contributed by atoms with Gasteiger partial charge in [0.1, 0.15) is 5.75 Å². The van der Waals surface area contributed by atoms with Crippen LogP contribution in [-0.2, 0) is 10.0 Å². The van der Waals surface area contributed by atoms with Gasteiger partial charge < -0.3 is 10.1 Å². The Kier molecular flexibility index (Phi) is 8.03. The highest BCUT2D eigenvalue weighted by Gasteiger charge is 2.21. The van der Waals surface area contributed by atoms with Crippen LogP contribution in [-0.4, -0.2) is 38.3 Å². The third-order valence-corrected chi connectivity index (χ3v) is 6.79. The van der Waals surface area contributed by atoms with Crippen LogP contribution >= 0.6 is 15.9 Å². The molecule has 8 heteroatoms. The summed E-state index contributed by atoms with van der Waals surface area (Å²) >= 11 is 3.41. The zero-order valence-corrected chi connectivity index (χ0v) is 18.6. The van der Waals surface area contributed by atoms with Gasteiger partial charge in [0.05, 0.1) is 16.0 Å². The molecule has 0 aromatic heterocycles. The van der Waals surface area contributed by atoms with E-state index < -0.39 is 10.0 Å². The number of rotatable bonds is 9. The van der Waals surface area contributed by atoms with Crippen LogP contribution in [0.2, 0.25) is 0 Å². The van der Waals surface area contributed by atoms with Crippen LogP contribution < -0.4 is 10.1 Å². The monoisotopic (exact) mass is 468 g/mol. The lowest BCUT2D eigenvalue weighted by Gasteiger charge is -2.18. The highest BCUT2D eigenvalue weighted by atomic mass is 79.9. The predicted molar refractivity (Wildman–Crippen MR) is 114 cm³/mol. The topological polar surface area (TPSA) is 75.7 Å². The molecule has 0 saturated carbocycles. The molecule has 28 heavy (non-hydrogen) atoms. The van der Waals surface area contributed by atoms with Crippen molar-refractivity contribution in [1.29, 1.82) is 0 Å². The summed E-state index contributed by atoms with van der Waals surface area (Å²) in [5.74, 6) is 0.395. The van der Waals surface area contributed by atoms with E-state index in [0.717, 1.165) is 6.42 Å². The maximum absolute atomic E-state index is 12.5. The molecule has 0 saturated heterocycles. The second-order valence-electron chi connectivity index (χ2n) is 6.06. The highest BCUT2D eigenvalue weighted by Crippen LogP contribution is 2.27. The van der Waals surface area contributed by atoms with E-state index in [0.29, 0.717) is 41.2 Å². The summed E-state index contributed by atoms with van der Waals surface area (Å²) in [7, 11) is -3.52. The lowest BCUT2D eigenvalue weighted by atomic mass is 10.2. The minimum Gasteiger partial charge on any atom is -0.492 e. The lowest BCUT2D eigenvalue weighted by Crippen LogP contribution is -2.30. The van der Waals surface area contributed by atoms with Crippen molar-refractivity contribution in [3.05, 3.63) is 52.5 Å². The molecule has 0 aliphatic heterocycles. The molecule has 152 valence electrons. The van der Waals surface area contributed by atoms with Gasteiger partial charge in [0.25, 0.3) is 5.91 Å². The third kappa shape index (κ3) is 5.33. The van der Waals surface area contributed by atoms with Gasteiger partial charge in [0, 0.05) is 24.3 Å². The first-order chi connectivity index (χ1) is 13.3. The molecule has 0 aliphatic rings. The first-order valence-corrected chi connectivity index (χ1v) is 11.4. The Morgan fingerprint density at radius 1 is 1.07 bits per heavy atom. The number of amides is 1. The predicted octanol–water partition coefficient (Wildman–Crippen LogP) is 4.52. The number of nitrogens with one attached hydrogen (secondary N) is 1. The number of carbonyl (C=O) groups excluding carboxylic acids is 1. The van der Waals surface area contributed by atoms with Crippen molar-refractivity contribution in [2.45, 2.75) is 32.1 Å². The Hall–Kier alpha value is -1.90. The largest absolute Gasteiger partial charge is 0.492 e. The molecule has 6 nitrogen and oxygen atoms in total. The van der Waals surface area contributed by atoms with Crippen LogP contribution in [0.5, 0.6) is 5.75 Å². The van der Waals surface area contributed by atoms with E-state index in [2.05, 4.69) is 21.2 Å². The zero-order valence-electron chi connectivity index (χ0n) is 16.2. The summed E-state index contributed by atoms with van der Waals surface area (Å²) < 4.78 is 32.7. The Morgan fingerprint density at radius 3 is 2.25 bits per heavy atom. The van der Waals surface area contributed by atoms with Crippen molar-refractivity contribution < 1.29 is 17.9 Å². The molecule has 0 heterocycles. The molecule has 0 unspecified atom stereocenters. The Morgan fingerprint density at radius 2 is 1.71 bits per heavy atom. The van der Waals surface area contributed by atoms with Crippen molar-refractivity contribution in [3.8, 4) is 5.75 Å². The summed E-state index contributed by atoms with van der Waals surface area (Å²) in [6.07, 6.45) is 0.897. The van der Waals surface area contributed by atoms with Crippen molar-refractivity contribution in [1.82, 2.24) is 4.31 Å². The Balaban J connectivity index is 2.12. The van der Waals surface area contributed by atoms with E-state index >= 15 is 0 Å². The van der Waals surface area contributed by atoms with Gasteiger partial charge in [-0.25, -0.2) is 8.42 Å². The molecular weight excluding hydrogens is 444 g/mol. The van der Waals surface area contributed by atoms with Gasteiger partial charge in [0.15, 0.2) is 0 Å². The normalized spacial score (nSPS) is 11.5. The molecule has 0 aliphatic carbocycles. The number of ether oxygens (including phenoxy) is 1. The molecule has 0 atom stereocenters. The fourth-order valence-electron chi connectivity index (χ4n) is 2.60. The van der Waals surface area contributed by atoms with Crippen molar-refractivity contribution >= 4 is 37.5 Å². The van der Waals surface area contributed by atoms with Gasteiger partial charge in [0.2, 0.25) is 10.0 Å². The number of hydrogen-bond acceptors (Lipinski definition) is 4. The fourth-order valence-corrected chi connectivity index (χ4v) is 4.55. The van der Waals surface area contributed by atoms with Crippen molar-refractivity contribution in [2.24, 2.45) is 0 Å². The number of carbonyl (C=O) groups is 1. The number of sulfonamides is 1. The smallest absolute Gasteiger partial charge is 0.255 e. The van der Waals surface area contributed by atoms with Crippen molar-refractivity contribution in [2.75, 3.05) is 25.0 Å². The minimum atomic E-state index is -3.52. The summed E-state index contributed by atoms with van der Waals surface area (Å²) in [5, 5.41) is 2.77. The molecule has 1 amide bonds. The zero-order chi connectivity index (χ0) is 20.7. The fraction of sp³-hybridized carbons (Fsp3) is 0.350. The van der Waals surface area contributed by atoms with Crippen LogP contribution in [0.25, 0.3) is 0 Å². The SMILES string of the molecule is CCCOc1ccc(C(=O)Nc2ccc(S(=O)(=O)N(CC)CC)cc2)cc1Br. The second-order valence-corrected chi connectivity index (χ2v) is 8.85. The van der Waals surface area contributed by atoms with Gasteiger partial charge in [-0.1, -0.05) is 20.8 Å². The van der Waals surface area contributed by atoms with E-state index in [1.165, 1.54) is 16.4 Å². The van der Waals surface area contributed by atoms with E-state index in [4.69, 9.17) is 4.74 Å². The molecule has 2 aromatic carbocycles. The summed E-state index contributed by atoms with van der Waals surface area (Å²) in [5.41, 5.74) is 0.987. The van der Waals surface area contributed by atoms with Crippen LogP contribution in [0, 0.1) is 0 Å². The van der Waals surface area contributed by atoms with Gasteiger partial charge >= 0.3 is 0 Å². The van der Waals surface area contributed by atoms with Crippen LogP contribution in [0.15, 0.2) is 51.8 Å². The minimum absolute atomic E-state index is 0.203. The summed E-state index contributed by atoms with van der Waals surface area (Å²) in [4.78, 5) is 12.7. The van der Waals surface area contributed by atoms with E-state index in [9.17, 15) is 13.2 Å². The number of anilines is 1. The van der Waals surface area contributed by atoms with Gasteiger partial charge in [-0.3, -0.25) is 4.79 Å². The van der Waals surface area contributed by atoms with Gasteiger partial charge in [-0.15, -0.1) is 0 Å². The molecule has 1 N–H and O–H groups in total. The molecular formula is C20H25BrN2O4S. The van der Waals surface area contributed by atoms with E-state index in [1.54, 1.807) is 44.2 Å². The van der Waals surface area contributed by atoms with Crippen LogP contribution in [0.4, 0.5) is 5.69 Å². The third-order valence-electron chi connectivity index (χ3n) is 4.11. The number of hydrogen-bond donors (Lipinski definition) is 1. The van der Waals surface area contributed by atoms with Crippen LogP contribution in [0.1, 0.15) is 37.6 Å². The van der Waals surface area contributed by atoms with E-state index in [-0.39, 0.29) is 10.8 Å². The van der Waals surface area contributed by atoms with Crippen LogP contribution in [0.3, 0.4) is 0 Å². The molecule has 2 rings (SSSR count). The average molecular weight is 469 g/mol. The molecule has 0 radical (unpaired) electrons. The maximum Gasteiger partial charge on any atom is 0.255 e. The molecule has 2 aromatic rings. The molecule has 0 spiro atoms. The number of benzene rings is 2. The maximum atomic E-state index is 12.5. The first kappa shape index (κ1) is 22.4.